The lowest BCUT2D eigenvalue weighted by atomic mass is 10.1. The third kappa shape index (κ3) is 9.53. The summed E-state index contributed by atoms with van der Waals surface area (Å²) in [5.41, 5.74) is 6.35. The van der Waals surface area contributed by atoms with Gasteiger partial charge in [-0.2, -0.15) is 0 Å². The fourth-order valence-electron chi connectivity index (χ4n) is 5.35. The molecule has 0 spiro atoms. The zero-order valence-corrected chi connectivity index (χ0v) is 26.3. The van der Waals surface area contributed by atoms with Crippen LogP contribution in [0.4, 0.5) is 5.69 Å². The van der Waals surface area contributed by atoms with E-state index in [4.69, 9.17) is 15.2 Å². The Labute approximate surface area is 255 Å². The minimum atomic E-state index is -3.63. The monoisotopic (exact) mass is 615 g/mol. The number of imide groups is 1. The highest BCUT2D eigenvalue weighted by atomic mass is 32.2. The summed E-state index contributed by atoms with van der Waals surface area (Å²) < 4.78 is 35.9. The molecule has 0 fully saturated rings. The molecule has 0 saturated carbocycles. The van der Waals surface area contributed by atoms with E-state index in [1.54, 1.807) is 37.3 Å². The van der Waals surface area contributed by atoms with Crippen LogP contribution in [-0.2, 0) is 14.6 Å². The van der Waals surface area contributed by atoms with Crippen molar-refractivity contribution >= 4 is 33.2 Å². The SMILES string of the molecule is CCOc1cc([C@@H](CS(C)(=O)=O)N2C(=O)c3cccc(NC(=O)CCCCCCCCCCCN)c3C2=O)ccc1OC. The zero-order chi connectivity index (χ0) is 31.4. The van der Waals surface area contributed by atoms with E-state index in [1.165, 1.54) is 38.9 Å². The van der Waals surface area contributed by atoms with Crippen LogP contribution in [0.5, 0.6) is 11.5 Å². The molecule has 3 amide bonds. The minimum absolute atomic E-state index is 0.0625. The van der Waals surface area contributed by atoms with E-state index in [0.29, 0.717) is 30.1 Å². The summed E-state index contributed by atoms with van der Waals surface area (Å²) in [6, 6.07) is 8.40. The molecule has 11 heteroatoms. The molecule has 2 aromatic carbocycles. The highest BCUT2D eigenvalue weighted by Crippen LogP contribution is 2.38. The number of carbonyl (C=O) groups excluding carboxylic acids is 3. The van der Waals surface area contributed by atoms with Crippen molar-refractivity contribution in [3.8, 4) is 11.5 Å². The first-order valence-corrected chi connectivity index (χ1v) is 17.2. The third-order valence-electron chi connectivity index (χ3n) is 7.47. The summed E-state index contributed by atoms with van der Waals surface area (Å²) >= 11 is 0. The average molecular weight is 616 g/mol. The molecule has 236 valence electrons. The Kier molecular flexibility index (Phi) is 13.0. The second-order valence-electron chi connectivity index (χ2n) is 10.9. The number of sulfone groups is 1. The van der Waals surface area contributed by atoms with E-state index >= 15 is 0 Å². The summed E-state index contributed by atoms with van der Waals surface area (Å²) in [4.78, 5) is 41.1. The van der Waals surface area contributed by atoms with E-state index in [9.17, 15) is 22.8 Å². The van der Waals surface area contributed by atoms with E-state index in [2.05, 4.69) is 5.32 Å². The van der Waals surface area contributed by atoms with Crippen LogP contribution < -0.4 is 20.5 Å². The van der Waals surface area contributed by atoms with Crippen molar-refractivity contribution < 1.29 is 32.3 Å². The number of nitrogens with two attached hydrogens (primary N) is 1. The molecule has 3 N–H and O–H groups in total. The number of benzene rings is 2. The lowest BCUT2D eigenvalue weighted by molar-refractivity contribution is -0.116. The highest BCUT2D eigenvalue weighted by Gasteiger charge is 2.43. The Morgan fingerprint density at radius 1 is 0.930 bits per heavy atom. The average Bonchev–Trinajstić information content (AvgIpc) is 3.22. The predicted octanol–water partition coefficient (Wildman–Crippen LogP) is 5.27. The molecule has 3 rings (SSSR count). The van der Waals surface area contributed by atoms with Gasteiger partial charge in [-0.25, -0.2) is 8.42 Å². The predicted molar refractivity (Wildman–Crippen MR) is 167 cm³/mol. The molecule has 0 aliphatic carbocycles. The maximum absolute atomic E-state index is 13.8. The van der Waals surface area contributed by atoms with Gasteiger partial charge in [-0.3, -0.25) is 19.3 Å². The maximum atomic E-state index is 13.8. The van der Waals surface area contributed by atoms with Gasteiger partial charge in [0.15, 0.2) is 11.5 Å². The van der Waals surface area contributed by atoms with E-state index < -0.39 is 33.4 Å². The Balaban J connectivity index is 1.71. The van der Waals surface area contributed by atoms with Crippen molar-refractivity contribution in [1.82, 2.24) is 4.90 Å². The number of anilines is 1. The number of hydrogen-bond donors (Lipinski definition) is 2. The van der Waals surface area contributed by atoms with Gasteiger partial charge in [0.1, 0.15) is 9.84 Å². The van der Waals surface area contributed by atoms with Crippen LogP contribution in [-0.4, -0.2) is 63.3 Å². The number of hydrogen-bond acceptors (Lipinski definition) is 8. The van der Waals surface area contributed by atoms with E-state index in [0.717, 1.165) is 49.8 Å². The third-order valence-corrected chi connectivity index (χ3v) is 8.39. The summed E-state index contributed by atoms with van der Waals surface area (Å²) in [5.74, 6) is -1.20. The molecule has 2 aromatic rings. The molecule has 10 nitrogen and oxygen atoms in total. The normalized spacial score (nSPS) is 13.6. The van der Waals surface area contributed by atoms with Gasteiger partial charge < -0.3 is 20.5 Å². The van der Waals surface area contributed by atoms with Gasteiger partial charge in [0.25, 0.3) is 11.8 Å². The second kappa shape index (κ2) is 16.4. The van der Waals surface area contributed by atoms with Crippen molar-refractivity contribution in [3.05, 3.63) is 53.1 Å². The maximum Gasteiger partial charge on any atom is 0.264 e. The van der Waals surface area contributed by atoms with Crippen molar-refractivity contribution in [2.24, 2.45) is 5.73 Å². The van der Waals surface area contributed by atoms with Gasteiger partial charge in [0, 0.05) is 12.7 Å². The fraction of sp³-hybridized carbons (Fsp3) is 0.531. The number of methoxy groups -OCH3 is 1. The standard InChI is InChI=1S/C32H45N3O7S/c1-4-42-28-21-23(18-19-27(28)41-2)26(22-43(3,39)40)35-31(37)24-15-14-16-25(30(24)32(35)38)34-29(36)17-12-10-8-6-5-7-9-11-13-20-33/h14-16,18-19,21,26H,4-13,17,20,22,33H2,1-3H3,(H,34,36)/t26-/m1/s1. The van der Waals surface area contributed by atoms with Gasteiger partial charge in [-0.05, 0) is 56.1 Å². The smallest absolute Gasteiger partial charge is 0.264 e. The van der Waals surface area contributed by atoms with Crippen molar-refractivity contribution in [3.63, 3.8) is 0 Å². The number of nitrogens with zero attached hydrogens (tertiary/aromatic N) is 1. The summed E-state index contributed by atoms with van der Waals surface area (Å²) in [7, 11) is -2.15. The topological polar surface area (TPSA) is 145 Å². The first kappa shape index (κ1) is 34.1. The Morgan fingerprint density at radius 2 is 1.58 bits per heavy atom. The number of ether oxygens (including phenoxy) is 2. The quantitative estimate of drug-likeness (QED) is 0.161. The van der Waals surface area contributed by atoms with Crippen molar-refractivity contribution in [2.75, 3.05) is 37.6 Å². The summed E-state index contributed by atoms with van der Waals surface area (Å²) in [6.45, 7) is 2.88. The molecule has 0 aromatic heterocycles. The summed E-state index contributed by atoms with van der Waals surface area (Å²) in [6.07, 6.45) is 11.1. The lowest BCUT2D eigenvalue weighted by Crippen LogP contribution is -2.37. The van der Waals surface area contributed by atoms with Gasteiger partial charge in [0.2, 0.25) is 5.91 Å². The highest BCUT2D eigenvalue weighted by molar-refractivity contribution is 7.90. The number of amides is 3. The molecular formula is C32H45N3O7S. The van der Waals surface area contributed by atoms with Gasteiger partial charge in [-0.15, -0.1) is 0 Å². The molecule has 1 aliphatic heterocycles. The molecule has 1 heterocycles. The largest absolute Gasteiger partial charge is 0.493 e. The van der Waals surface area contributed by atoms with Crippen LogP contribution in [0.3, 0.4) is 0 Å². The number of carbonyl (C=O) groups is 3. The van der Waals surface area contributed by atoms with Crippen LogP contribution in [0.1, 0.15) is 103 Å². The van der Waals surface area contributed by atoms with Crippen LogP contribution in [0, 0.1) is 0 Å². The Morgan fingerprint density at radius 3 is 2.19 bits per heavy atom. The number of unbranched alkanes of at least 4 members (excludes halogenated alkanes) is 8. The number of rotatable bonds is 19. The number of nitrogens with one attached hydrogen (secondary N) is 1. The van der Waals surface area contributed by atoms with Gasteiger partial charge in [0.05, 0.1) is 42.3 Å². The molecule has 0 unspecified atom stereocenters. The lowest BCUT2D eigenvalue weighted by Gasteiger charge is -2.27. The van der Waals surface area contributed by atoms with Crippen LogP contribution >= 0.6 is 0 Å². The number of fused-ring (bicyclic) bond motifs is 1. The van der Waals surface area contributed by atoms with Crippen molar-refractivity contribution in [1.29, 1.82) is 0 Å². The molecule has 1 aliphatic rings. The Bertz CT molecular complexity index is 1380. The molecule has 0 radical (unpaired) electrons. The molecule has 1 atom stereocenters. The first-order chi connectivity index (χ1) is 20.6. The van der Waals surface area contributed by atoms with Crippen LogP contribution in [0.25, 0.3) is 0 Å². The van der Waals surface area contributed by atoms with Crippen molar-refractivity contribution in [2.45, 2.75) is 77.2 Å². The first-order valence-electron chi connectivity index (χ1n) is 15.1. The molecule has 0 bridgehead atoms. The van der Waals surface area contributed by atoms with Gasteiger partial charge in [-0.1, -0.05) is 57.1 Å². The molecule has 43 heavy (non-hydrogen) atoms. The van der Waals surface area contributed by atoms with Crippen LogP contribution in [0.15, 0.2) is 36.4 Å². The molecule has 0 saturated heterocycles. The Hall–Kier alpha value is -3.44. The van der Waals surface area contributed by atoms with E-state index in [-0.39, 0.29) is 22.7 Å². The molecular weight excluding hydrogens is 570 g/mol. The van der Waals surface area contributed by atoms with E-state index in [1.807, 2.05) is 0 Å². The fourth-order valence-corrected chi connectivity index (χ4v) is 6.26. The minimum Gasteiger partial charge on any atom is -0.493 e. The zero-order valence-electron chi connectivity index (χ0n) is 25.5. The summed E-state index contributed by atoms with van der Waals surface area (Å²) in [5, 5.41) is 2.81. The van der Waals surface area contributed by atoms with Crippen LogP contribution in [0.2, 0.25) is 0 Å². The second-order valence-corrected chi connectivity index (χ2v) is 13.1. The van der Waals surface area contributed by atoms with Gasteiger partial charge >= 0.3 is 0 Å².